The van der Waals surface area contributed by atoms with Gasteiger partial charge in [-0.05, 0) is 12.0 Å². The summed E-state index contributed by atoms with van der Waals surface area (Å²) < 4.78 is 22.7. The van der Waals surface area contributed by atoms with E-state index >= 15 is 0 Å². The van der Waals surface area contributed by atoms with Crippen molar-refractivity contribution in [2.75, 3.05) is 64.3 Å². The Bertz CT molecular complexity index is 1120. The van der Waals surface area contributed by atoms with Gasteiger partial charge in [-0.1, -0.05) is 30.3 Å². The van der Waals surface area contributed by atoms with Crippen molar-refractivity contribution in [3.05, 3.63) is 54.4 Å². The summed E-state index contributed by atoms with van der Waals surface area (Å²) in [5, 5.41) is 6.64. The quantitative estimate of drug-likeness (QED) is 0.414. The van der Waals surface area contributed by atoms with Crippen molar-refractivity contribution in [2.24, 2.45) is 0 Å². The topological polar surface area (TPSA) is 103 Å². The normalized spacial score (nSPS) is 19.4. The molecule has 10 nitrogen and oxygen atoms in total. The van der Waals surface area contributed by atoms with Gasteiger partial charge in [-0.25, -0.2) is 9.97 Å². The Labute approximate surface area is 211 Å². The highest BCUT2D eigenvalue weighted by Gasteiger charge is 2.38. The van der Waals surface area contributed by atoms with E-state index in [0.717, 1.165) is 45.0 Å². The molecule has 1 saturated heterocycles. The van der Waals surface area contributed by atoms with Crippen LogP contribution in [0.1, 0.15) is 17.9 Å². The van der Waals surface area contributed by atoms with E-state index in [1.807, 2.05) is 18.2 Å². The van der Waals surface area contributed by atoms with Crippen LogP contribution in [-0.4, -0.2) is 79.6 Å². The first kappa shape index (κ1) is 24.1. The number of nitrogens with zero attached hydrogens (tertiary/aromatic N) is 4. The average Bonchev–Trinajstić information content (AvgIpc) is 3.69. The van der Waals surface area contributed by atoms with Crippen LogP contribution in [-0.2, 0) is 4.74 Å². The molecule has 1 aliphatic carbocycles. The van der Waals surface area contributed by atoms with Crippen molar-refractivity contribution in [1.29, 1.82) is 0 Å². The molecule has 5 rings (SSSR count). The van der Waals surface area contributed by atoms with Gasteiger partial charge in [0.1, 0.15) is 12.9 Å². The van der Waals surface area contributed by atoms with E-state index in [2.05, 4.69) is 54.8 Å². The molecule has 2 unspecified atom stereocenters. The number of nitrogens with one attached hydrogen (secondary N) is 2. The van der Waals surface area contributed by atoms with Crippen LogP contribution in [0.15, 0.2) is 48.8 Å². The fraction of sp³-hybridized carbons (Fsp3) is 0.423. The second-order valence-corrected chi connectivity index (χ2v) is 8.77. The first-order valence-corrected chi connectivity index (χ1v) is 12.2. The smallest absolute Gasteiger partial charge is 0.231 e. The molecule has 0 amide bonds. The van der Waals surface area contributed by atoms with Gasteiger partial charge in [0, 0.05) is 49.4 Å². The van der Waals surface area contributed by atoms with Crippen molar-refractivity contribution in [3.63, 3.8) is 0 Å². The van der Waals surface area contributed by atoms with Crippen LogP contribution in [0, 0.1) is 0 Å². The van der Waals surface area contributed by atoms with Gasteiger partial charge >= 0.3 is 0 Å². The molecule has 2 aliphatic rings. The minimum atomic E-state index is 0.316. The number of rotatable bonds is 11. The van der Waals surface area contributed by atoms with Gasteiger partial charge in [-0.2, -0.15) is 4.98 Å². The molecule has 36 heavy (non-hydrogen) atoms. The number of aromatic nitrogens is 3. The fourth-order valence-corrected chi connectivity index (χ4v) is 4.34. The summed E-state index contributed by atoms with van der Waals surface area (Å²) >= 11 is 0. The lowest BCUT2D eigenvalue weighted by Gasteiger charge is -2.26. The van der Waals surface area contributed by atoms with Crippen LogP contribution < -0.4 is 24.8 Å². The van der Waals surface area contributed by atoms with Crippen LogP contribution in [0.4, 0.5) is 17.6 Å². The summed E-state index contributed by atoms with van der Waals surface area (Å²) in [5.74, 6) is 3.14. The fourth-order valence-electron chi connectivity index (χ4n) is 4.34. The number of hydrogen-bond donors (Lipinski definition) is 2. The molecular formula is C26H32N6O4. The highest BCUT2D eigenvalue weighted by molar-refractivity contribution is 5.66. The summed E-state index contributed by atoms with van der Waals surface area (Å²) in [6, 6.07) is 14.5. The van der Waals surface area contributed by atoms with Crippen molar-refractivity contribution in [3.8, 4) is 17.2 Å². The van der Waals surface area contributed by atoms with Crippen molar-refractivity contribution in [2.45, 2.75) is 18.4 Å². The Kier molecular flexibility index (Phi) is 7.63. The van der Waals surface area contributed by atoms with E-state index in [-0.39, 0.29) is 0 Å². The molecule has 2 atom stereocenters. The Morgan fingerprint density at radius 1 is 1.00 bits per heavy atom. The number of benzene rings is 2. The molecule has 2 N–H and O–H groups in total. The Balaban J connectivity index is 1.22. The van der Waals surface area contributed by atoms with Crippen molar-refractivity contribution in [1.82, 2.24) is 19.9 Å². The molecule has 2 heterocycles. The molecule has 2 fully saturated rings. The second kappa shape index (κ2) is 11.4. The van der Waals surface area contributed by atoms with E-state index < -0.39 is 0 Å². The molecule has 190 valence electrons. The van der Waals surface area contributed by atoms with Crippen LogP contribution in [0.2, 0.25) is 0 Å². The minimum Gasteiger partial charge on any atom is -0.493 e. The van der Waals surface area contributed by atoms with Gasteiger partial charge in [0.05, 0.1) is 27.4 Å². The summed E-state index contributed by atoms with van der Waals surface area (Å²) in [6.45, 7) is 4.68. The second-order valence-electron chi connectivity index (χ2n) is 8.77. The predicted octanol–water partition coefficient (Wildman–Crippen LogP) is 3.31. The third kappa shape index (κ3) is 5.95. The van der Waals surface area contributed by atoms with Gasteiger partial charge in [-0.3, -0.25) is 4.90 Å². The van der Waals surface area contributed by atoms with Gasteiger partial charge in [0.25, 0.3) is 0 Å². The molecule has 1 saturated carbocycles. The molecule has 0 spiro atoms. The van der Waals surface area contributed by atoms with Gasteiger partial charge in [-0.15, -0.1) is 0 Å². The zero-order chi connectivity index (χ0) is 24.7. The number of anilines is 3. The lowest BCUT2D eigenvalue weighted by Crippen LogP contribution is -2.38. The maximum absolute atomic E-state index is 6.06. The zero-order valence-corrected chi connectivity index (χ0v) is 20.6. The Morgan fingerprint density at radius 3 is 2.44 bits per heavy atom. The van der Waals surface area contributed by atoms with Gasteiger partial charge in [0.2, 0.25) is 17.6 Å². The van der Waals surface area contributed by atoms with Crippen LogP contribution in [0.5, 0.6) is 17.2 Å². The third-order valence-electron chi connectivity index (χ3n) is 6.38. The van der Waals surface area contributed by atoms with Crippen LogP contribution >= 0.6 is 0 Å². The van der Waals surface area contributed by atoms with Crippen molar-refractivity contribution >= 4 is 17.6 Å². The maximum atomic E-state index is 6.06. The molecule has 1 aromatic heterocycles. The summed E-state index contributed by atoms with van der Waals surface area (Å²) in [6.07, 6.45) is 2.55. The van der Waals surface area contributed by atoms with Crippen molar-refractivity contribution < 1.29 is 18.9 Å². The molecule has 1 aliphatic heterocycles. The van der Waals surface area contributed by atoms with Gasteiger partial charge in [0.15, 0.2) is 11.5 Å². The van der Waals surface area contributed by atoms with E-state index in [1.54, 1.807) is 14.2 Å². The molecule has 10 heteroatoms. The van der Waals surface area contributed by atoms with E-state index in [4.69, 9.17) is 18.9 Å². The van der Waals surface area contributed by atoms with Crippen LogP contribution in [0.25, 0.3) is 0 Å². The summed E-state index contributed by atoms with van der Waals surface area (Å²) in [5.41, 5.74) is 2.05. The van der Waals surface area contributed by atoms with Gasteiger partial charge < -0.3 is 29.6 Å². The lowest BCUT2D eigenvalue weighted by atomic mass is 10.1. The van der Waals surface area contributed by atoms with E-state index in [1.165, 1.54) is 11.9 Å². The van der Waals surface area contributed by atoms with E-state index in [9.17, 15) is 0 Å². The van der Waals surface area contributed by atoms with E-state index in [0.29, 0.717) is 47.7 Å². The molecule has 0 bridgehead atoms. The zero-order valence-electron chi connectivity index (χ0n) is 20.6. The number of methoxy groups -OCH3 is 2. The standard InChI is InChI=1S/C26H32N6O4/c1-33-22-14-19(15-23(34-2)24(22)36-13-10-32-8-11-35-12-9-32)29-25-27-17-28-26(31-25)30-21-16-20(21)18-6-4-3-5-7-18/h3-7,14-15,17,20-21H,8-13,16H2,1-2H3,(H2,27,28,29,30,31). The number of morpholine rings is 1. The lowest BCUT2D eigenvalue weighted by molar-refractivity contribution is 0.0319. The maximum Gasteiger partial charge on any atom is 0.231 e. The minimum absolute atomic E-state index is 0.316. The Morgan fingerprint density at radius 2 is 1.72 bits per heavy atom. The summed E-state index contributed by atoms with van der Waals surface area (Å²) in [4.78, 5) is 15.4. The highest BCUT2D eigenvalue weighted by Crippen LogP contribution is 2.43. The predicted molar refractivity (Wildman–Crippen MR) is 137 cm³/mol. The number of hydrogen-bond acceptors (Lipinski definition) is 10. The first-order chi connectivity index (χ1) is 17.7. The SMILES string of the molecule is COc1cc(Nc2ncnc(NC3CC3c3ccccc3)n2)cc(OC)c1OCCN1CCOCC1. The average molecular weight is 493 g/mol. The first-order valence-electron chi connectivity index (χ1n) is 12.2. The molecule has 3 aromatic rings. The molecular weight excluding hydrogens is 460 g/mol. The number of ether oxygens (including phenoxy) is 4. The largest absolute Gasteiger partial charge is 0.493 e. The highest BCUT2D eigenvalue weighted by atomic mass is 16.5. The third-order valence-corrected chi connectivity index (χ3v) is 6.38. The van der Waals surface area contributed by atoms with Crippen LogP contribution in [0.3, 0.4) is 0 Å². The monoisotopic (exact) mass is 492 g/mol. The molecule has 2 aromatic carbocycles. The summed E-state index contributed by atoms with van der Waals surface area (Å²) in [7, 11) is 3.22. The molecule has 0 radical (unpaired) electrons. The Hall–Kier alpha value is -3.63.